The van der Waals surface area contributed by atoms with Gasteiger partial charge in [0.05, 0.1) is 6.54 Å². The average Bonchev–Trinajstić information content (AvgIpc) is 2.81. The number of carbonyl (C=O) groups excluding carboxylic acids is 1. The fraction of sp³-hybridized carbons (Fsp3) is 0.385. The molecule has 0 aliphatic carbocycles. The Bertz CT molecular complexity index is 1120. The molecule has 0 N–H and O–H groups in total. The highest BCUT2D eigenvalue weighted by Gasteiger charge is 2.22. The van der Waals surface area contributed by atoms with E-state index in [-0.39, 0.29) is 11.5 Å². The number of piperazine rings is 1. The van der Waals surface area contributed by atoms with Crippen LogP contribution in [0.5, 0.6) is 0 Å². The summed E-state index contributed by atoms with van der Waals surface area (Å²) in [6.45, 7) is 9.31. The molecule has 1 saturated heterocycles. The van der Waals surface area contributed by atoms with Gasteiger partial charge in [-0.2, -0.15) is 0 Å². The summed E-state index contributed by atoms with van der Waals surface area (Å²) in [4.78, 5) is 31.3. The zero-order chi connectivity index (χ0) is 22.5. The Morgan fingerprint density at radius 3 is 2.38 bits per heavy atom. The zero-order valence-corrected chi connectivity index (χ0v) is 18.9. The summed E-state index contributed by atoms with van der Waals surface area (Å²) < 4.78 is 5.40. The molecular weight excluding hydrogens is 402 g/mol. The van der Waals surface area contributed by atoms with Crippen LogP contribution in [-0.2, 0) is 17.8 Å². The molecule has 2 heterocycles. The van der Waals surface area contributed by atoms with Gasteiger partial charge in [0.2, 0.25) is 5.91 Å². The first-order valence-electron chi connectivity index (χ1n) is 11.4. The molecule has 32 heavy (non-hydrogen) atoms. The summed E-state index contributed by atoms with van der Waals surface area (Å²) in [7, 11) is 0. The van der Waals surface area contributed by atoms with Crippen molar-refractivity contribution in [1.29, 1.82) is 0 Å². The number of hydrogen-bond acceptors (Lipinski definition) is 5. The third kappa shape index (κ3) is 5.09. The van der Waals surface area contributed by atoms with E-state index in [1.807, 2.05) is 54.3 Å². The molecular formula is C26H31N3O3. The van der Waals surface area contributed by atoms with Gasteiger partial charge in [-0.05, 0) is 48.7 Å². The van der Waals surface area contributed by atoms with E-state index in [1.165, 1.54) is 5.56 Å². The Morgan fingerprint density at radius 2 is 1.69 bits per heavy atom. The number of para-hydroxylation sites is 1. The van der Waals surface area contributed by atoms with Crippen molar-refractivity contribution in [3.05, 3.63) is 76.1 Å². The molecule has 1 aromatic heterocycles. The van der Waals surface area contributed by atoms with Crippen molar-refractivity contribution in [3.63, 3.8) is 0 Å². The molecule has 0 radical (unpaired) electrons. The van der Waals surface area contributed by atoms with Crippen LogP contribution in [-0.4, -0.2) is 55.0 Å². The highest BCUT2D eigenvalue weighted by Crippen LogP contribution is 2.21. The Labute approximate surface area is 189 Å². The minimum absolute atomic E-state index is 0.130. The minimum atomic E-state index is -0.304. The third-order valence-electron chi connectivity index (χ3n) is 6.20. The number of amides is 1. The maximum atomic E-state index is 12.9. The lowest BCUT2D eigenvalue weighted by atomic mass is 10.0. The van der Waals surface area contributed by atoms with E-state index >= 15 is 0 Å². The monoisotopic (exact) mass is 433 g/mol. The number of rotatable bonds is 7. The lowest BCUT2D eigenvalue weighted by Gasteiger charge is -2.35. The molecule has 0 unspecified atom stereocenters. The Kier molecular flexibility index (Phi) is 7.02. The van der Waals surface area contributed by atoms with Gasteiger partial charge < -0.3 is 9.32 Å². The van der Waals surface area contributed by atoms with Crippen molar-refractivity contribution in [2.45, 2.75) is 26.8 Å². The van der Waals surface area contributed by atoms with Crippen LogP contribution < -0.4 is 10.5 Å². The van der Waals surface area contributed by atoms with E-state index in [0.29, 0.717) is 25.2 Å². The first-order valence-corrected chi connectivity index (χ1v) is 11.4. The first-order chi connectivity index (χ1) is 15.6. The second-order valence-electron chi connectivity index (χ2n) is 8.30. The van der Waals surface area contributed by atoms with Gasteiger partial charge in [0.25, 0.3) is 0 Å². The van der Waals surface area contributed by atoms with E-state index in [1.54, 1.807) is 6.07 Å². The summed E-state index contributed by atoms with van der Waals surface area (Å²) in [5.41, 5.74) is 3.53. The summed E-state index contributed by atoms with van der Waals surface area (Å²) >= 11 is 0. The fourth-order valence-electron chi connectivity index (χ4n) is 4.36. The molecule has 3 aromatic rings. The Morgan fingerprint density at radius 1 is 0.969 bits per heavy atom. The van der Waals surface area contributed by atoms with Crippen LogP contribution >= 0.6 is 0 Å². The van der Waals surface area contributed by atoms with E-state index in [0.717, 1.165) is 49.2 Å². The molecule has 0 spiro atoms. The normalized spacial score (nSPS) is 15.2. The third-order valence-corrected chi connectivity index (χ3v) is 6.20. The summed E-state index contributed by atoms with van der Waals surface area (Å²) in [6, 6.07) is 17.5. The number of anilines is 1. The summed E-state index contributed by atoms with van der Waals surface area (Å²) in [5, 5.41) is 1.02. The molecule has 1 amide bonds. The first kappa shape index (κ1) is 22.2. The lowest BCUT2D eigenvalue weighted by molar-refractivity contribution is -0.120. The van der Waals surface area contributed by atoms with Crippen molar-refractivity contribution >= 4 is 22.6 Å². The number of nitrogens with zero attached hydrogens (tertiary/aromatic N) is 3. The van der Waals surface area contributed by atoms with Crippen LogP contribution in [0.4, 0.5) is 5.69 Å². The van der Waals surface area contributed by atoms with E-state index in [9.17, 15) is 9.59 Å². The van der Waals surface area contributed by atoms with Crippen LogP contribution in [0, 0.1) is 0 Å². The van der Waals surface area contributed by atoms with Gasteiger partial charge in [-0.25, -0.2) is 4.79 Å². The summed E-state index contributed by atoms with van der Waals surface area (Å²) in [6.07, 6.45) is 0.943. The van der Waals surface area contributed by atoms with E-state index < -0.39 is 0 Å². The Hall–Kier alpha value is -2.96. The van der Waals surface area contributed by atoms with E-state index in [2.05, 4.69) is 22.8 Å². The van der Waals surface area contributed by atoms with E-state index in [4.69, 9.17) is 4.42 Å². The molecule has 4 rings (SSSR count). The molecule has 0 bridgehead atoms. The Balaban J connectivity index is 1.38. The predicted octanol–water partition coefficient (Wildman–Crippen LogP) is 3.53. The molecule has 1 aliphatic heterocycles. The topological polar surface area (TPSA) is 57.0 Å². The van der Waals surface area contributed by atoms with Crippen molar-refractivity contribution in [2.75, 3.05) is 44.2 Å². The molecule has 6 nitrogen and oxygen atoms in total. The highest BCUT2D eigenvalue weighted by atomic mass is 16.4. The molecule has 1 fully saturated rings. The molecule has 1 aliphatic rings. The standard InChI is InChI=1S/C26H31N3O3/c1-3-20-10-11-24-23(16-20)21(17-26(31)32-24)18-27-12-14-28(15-13-27)19-25(30)29(4-2)22-8-6-5-7-9-22/h5-11,16-17H,3-4,12-15,18-19H2,1-2H3. The summed E-state index contributed by atoms with van der Waals surface area (Å²) in [5.74, 6) is 0.130. The van der Waals surface area contributed by atoms with Gasteiger partial charge in [0.1, 0.15) is 5.58 Å². The molecule has 6 heteroatoms. The molecule has 168 valence electrons. The maximum Gasteiger partial charge on any atom is 0.336 e. The minimum Gasteiger partial charge on any atom is -0.423 e. The lowest BCUT2D eigenvalue weighted by Crippen LogP contribution is -2.49. The number of carbonyl (C=O) groups is 1. The van der Waals surface area contributed by atoms with Crippen LogP contribution in [0.1, 0.15) is 25.0 Å². The van der Waals surface area contributed by atoms with Crippen molar-refractivity contribution in [3.8, 4) is 0 Å². The largest absolute Gasteiger partial charge is 0.423 e. The van der Waals surface area contributed by atoms with Gasteiger partial charge in [-0.3, -0.25) is 14.6 Å². The van der Waals surface area contributed by atoms with Crippen LogP contribution in [0.3, 0.4) is 0 Å². The van der Waals surface area contributed by atoms with Gasteiger partial charge in [0, 0.05) is 56.4 Å². The van der Waals surface area contributed by atoms with Gasteiger partial charge in [-0.15, -0.1) is 0 Å². The molecule has 0 saturated carbocycles. The van der Waals surface area contributed by atoms with Crippen LogP contribution in [0.25, 0.3) is 11.0 Å². The predicted molar refractivity (Wildman–Crippen MR) is 128 cm³/mol. The molecule has 2 aromatic carbocycles. The van der Waals surface area contributed by atoms with Crippen LogP contribution in [0.2, 0.25) is 0 Å². The van der Waals surface area contributed by atoms with Gasteiger partial charge >= 0.3 is 5.63 Å². The number of likely N-dealkylation sites (N-methyl/N-ethyl adjacent to an activating group) is 1. The number of benzene rings is 2. The molecule has 0 atom stereocenters. The smallest absolute Gasteiger partial charge is 0.336 e. The van der Waals surface area contributed by atoms with Crippen molar-refractivity contribution in [2.24, 2.45) is 0 Å². The second kappa shape index (κ2) is 10.1. The number of hydrogen-bond donors (Lipinski definition) is 0. The quantitative estimate of drug-likeness (QED) is 0.534. The average molecular weight is 434 g/mol. The zero-order valence-electron chi connectivity index (χ0n) is 18.9. The highest BCUT2D eigenvalue weighted by molar-refractivity contribution is 5.94. The van der Waals surface area contributed by atoms with Gasteiger partial charge in [-0.1, -0.05) is 31.2 Å². The SMILES string of the molecule is CCc1ccc2oc(=O)cc(CN3CCN(CC(=O)N(CC)c4ccccc4)CC3)c2c1. The number of aryl methyl sites for hydroxylation is 1. The van der Waals surface area contributed by atoms with Crippen molar-refractivity contribution < 1.29 is 9.21 Å². The van der Waals surface area contributed by atoms with Crippen LogP contribution in [0.15, 0.2) is 63.8 Å². The second-order valence-corrected chi connectivity index (χ2v) is 8.30. The number of fused-ring (bicyclic) bond motifs is 1. The van der Waals surface area contributed by atoms with Gasteiger partial charge in [0.15, 0.2) is 0 Å². The maximum absolute atomic E-state index is 12.9. The fourth-order valence-corrected chi connectivity index (χ4v) is 4.36. The van der Waals surface area contributed by atoms with Crippen molar-refractivity contribution in [1.82, 2.24) is 9.80 Å².